The van der Waals surface area contributed by atoms with Gasteiger partial charge in [-0.15, -0.1) is 0 Å². The molecule has 7 heteroatoms. The van der Waals surface area contributed by atoms with Crippen LogP contribution in [0.1, 0.15) is 19.8 Å². The second kappa shape index (κ2) is 5.47. The molecule has 1 saturated carbocycles. The summed E-state index contributed by atoms with van der Waals surface area (Å²) in [7, 11) is 0. The molecule has 2 aliphatic heterocycles. The lowest BCUT2D eigenvalue weighted by Gasteiger charge is -2.50. The van der Waals surface area contributed by atoms with E-state index in [4.69, 9.17) is 4.74 Å². The van der Waals surface area contributed by atoms with Crippen molar-refractivity contribution in [3.63, 3.8) is 0 Å². The van der Waals surface area contributed by atoms with E-state index in [9.17, 15) is 24.0 Å². The van der Waals surface area contributed by atoms with Gasteiger partial charge in [0.2, 0.25) is 11.8 Å². The van der Waals surface area contributed by atoms with Crippen LogP contribution in [0.4, 0.5) is 5.69 Å². The summed E-state index contributed by atoms with van der Waals surface area (Å²) in [5.41, 5.74) is -0.765. The largest absolute Gasteiger partial charge is 0.450 e. The van der Waals surface area contributed by atoms with Crippen LogP contribution in [-0.4, -0.2) is 35.0 Å². The quantitative estimate of drug-likeness (QED) is 0.566. The van der Waals surface area contributed by atoms with Crippen LogP contribution >= 0.6 is 0 Å². The van der Waals surface area contributed by atoms with E-state index in [1.807, 2.05) is 0 Å². The fraction of sp³-hybridized carbons (Fsp3) is 0.381. The molecule has 0 radical (unpaired) electrons. The lowest BCUT2D eigenvalue weighted by Crippen LogP contribution is -2.63. The number of amides is 2. The van der Waals surface area contributed by atoms with Crippen molar-refractivity contribution >= 4 is 35.0 Å². The maximum atomic E-state index is 13.4. The van der Waals surface area contributed by atoms with Crippen molar-refractivity contribution < 1.29 is 28.7 Å². The van der Waals surface area contributed by atoms with Crippen molar-refractivity contribution in [2.45, 2.75) is 25.4 Å². The smallest absolute Gasteiger partial charge is 0.306 e. The van der Waals surface area contributed by atoms with Gasteiger partial charge < -0.3 is 4.74 Å². The van der Waals surface area contributed by atoms with Crippen molar-refractivity contribution in [2.24, 2.45) is 23.7 Å². The topological polar surface area (TPSA) is 97.8 Å². The van der Waals surface area contributed by atoms with E-state index >= 15 is 0 Å². The first-order valence-corrected chi connectivity index (χ1v) is 9.28. The van der Waals surface area contributed by atoms with E-state index < -0.39 is 47.1 Å². The number of rotatable bonds is 2. The molecule has 1 aromatic carbocycles. The van der Waals surface area contributed by atoms with E-state index in [2.05, 4.69) is 0 Å². The molecule has 2 bridgehead atoms. The minimum absolute atomic E-state index is 0.0576. The average molecular weight is 379 g/mol. The van der Waals surface area contributed by atoms with Crippen LogP contribution in [0.25, 0.3) is 0 Å². The van der Waals surface area contributed by atoms with Crippen molar-refractivity contribution in [3.05, 3.63) is 42.0 Å². The van der Waals surface area contributed by atoms with Crippen LogP contribution in [0.15, 0.2) is 42.0 Å². The maximum Gasteiger partial charge on any atom is 0.306 e. The zero-order chi connectivity index (χ0) is 19.8. The Labute approximate surface area is 160 Å². The molecule has 0 aromatic heterocycles. The number of allylic oxidation sites excluding steroid dienone is 1. The summed E-state index contributed by atoms with van der Waals surface area (Å²) in [6.45, 7) is 1.37. The summed E-state index contributed by atoms with van der Waals surface area (Å²) in [4.78, 5) is 65.1. The fourth-order valence-corrected chi connectivity index (χ4v) is 5.40. The van der Waals surface area contributed by atoms with E-state index in [0.29, 0.717) is 11.3 Å². The van der Waals surface area contributed by atoms with Gasteiger partial charge in [-0.25, -0.2) is 0 Å². The van der Waals surface area contributed by atoms with Crippen LogP contribution in [0.2, 0.25) is 0 Å². The number of carbonyl (C=O) groups is 5. The molecule has 6 rings (SSSR count). The molecule has 0 N–H and O–H groups in total. The first-order valence-electron chi connectivity index (χ1n) is 9.28. The SMILES string of the molecule is CC(=O)C1=C[C@H]2C(=O)[C@@]3(CCC(=O)O3)[C@@H]1[C@H]1C(=O)N(c3ccccc3)C(=O)[C@H]12. The van der Waals surface area contributed by atoms with E-state index in [1.165, 1.54) is 13.0 Å². The molecule has 2 heterocycles. The number of benzene rings is 1. The monoisotopic (exact) mass is 379 g/mol. The average Bonchev–Trinajstić information content (AvgIpc) is 3.19. The normalized spacial score (nSPS) is 36.0. The summed E-state index contributed by atoms with van der Waals surface area (Å²) < 4.78 is 5.49. The van der Waals surface area contributed by atoms with Gasteiger partial charge in [-0.3, -0.25) is 28.9 Å². The van der Waals surface area contributed by atoms with Crippen molar-refractivity contribution in [1.82, 2.24) is 0 Å². The minimum Gasteiger partial charge on any atom is -0.450 e. The van der Waals surface area contributed by atoms with Gasteiger partial charge in [-0.1, -0.05) is 24.3 Å². The van der Waals surface area contributed by atoms with Gasteiger partial charge in [-0.2, -0.15) is 0 Å². The van der Waals surface area contributed by atoms with Crippen LogP contribution in [0.3, 0.4) is 0 Å². The number of esters is 1. The molecule has 142 valence electrons. The lowest BCUT2D eigenvalue weighted by atomic mass is 9.52. The minimum atomic E-state index is -1.51. The third-order valence-electron chi connectivity index (χ3n) is 6.48. The number of anilines is 1. The highest BCUT2D eigenvalue weighted by Crippen LogP contribution is 2.59. The number of para-hydroxylation sites is 1. The Bertz CT molecular complexity index is 995. The molecule has 5 atom stereocenters. The third-order valence-corrected chi connectivity index (χ3v) is 6.48. The Morgan fingerprint density at radius 2 is 1.75 bits per heavy atom. The standard InChI is InChI=1S/C21H17NO6/c1-10(23)12-9-13-15-16(17(12)21(18(13)25)8-7-14(24)28-21)20(27)22(19(15)26)11-5-3-2-4-6-11/h2-6,9,13,15-17H,7-8H2,1H3/t13-,15+,16+,17+,21-/m1/s1. The molecule has 28 heavy (non-hydrogen) atoms. The highest BCUT2D eigenvalue weighted by molar-refractivity contribution is 6.25. The summed E-state index contributed by atoms with van der Waals surface area (Å²) in [6.07, 6.45) is 1.71. The molecule has 0 unspecified atom stereocenters. The van der Waals surface area contributed by atoms with Crippen LogP contribution < -0.4 is 4.90 Å². The number of ketones is 2. The molecule has 3 aliphatic carbocycles. The number of Topliss-reactive ketones (excluding diaryl/α,β-unsaturated/α-hetero) is 2. The van der Waals surface area contributed by atoms with Gasteiger partial charge in [0.15, 0.2) is 17.2 Å². The number of ether oxygens (including phenoxy) is 1. The zero-order valence-electron chi connectivity index (χ0n) is 15.1. The molecule has 1 aromatic rings. The Balaban J connectivity index is 1.68. The molecule has 1 spiro atoms. The number of hydrogen-bond acceptors (Lipinski definition) is 6. The predicted molar refractivity (Wildman–Crippen MR) is 94.7 cm³/mol. The molecule has 7 nitrogen and oxygen atoms in total. The molecular formula is C21H17NO6. The Morgan fingerprint density at radius 3 is 2.36 bits per heavy atom. The summed E-state index contributed by atoms with van der Waals surface area (Å²) in [5, 5.41) is 0. The highest BCUT2D eigenvalue weighted by Gasteiger charge is 2.72. The molecule has 2 amide bonds. The summed E-state index contributed by atoms with van der Waals surface area (Å²) >= 11 is 0. The van der Waals surface area contributed by atoms with Gasteiger partial charge >= 0.3 is 5.97 Å². The zero-order valence-corrected chi connectivity index (χ0v) is 15.1. The molecule has 5 aliphatic rings. The van der Waals surface area contributed by atoms with E-state index in [1.54, 1.807) is 30.3 Å². The molecular weight excluding hydrogens is 362 g/mol. The highest BCUT2D eigenvalue weighted by atomic mass is 16.6. The van der Waals surface area contributed by atoms with Gasteiger partial charge in [0.05, 0.1) is 23.4 Å². The van der Waals surface area contributed by atoms with Gasteiger partial charge in [0, 0.05) is 18.8 Å². The lowest BCUT2D eigenvalue weighted by molar-refractivity contribution is -0.176. The van der Waals surface area contributed by atoms with E-state index in [0.717, 1.165) is 4.90 Å². The summed E-state index contributed by atoms with van der Waals surface area (Å²) in [5.74, 6) is -5.65. The summed E-state index contributed by atoms with van der Waals surface area (Å²) in [6, 6.07) is 8.52. The maximum absolute atomic E-state index is 13.4. The number of nitrogens with zero attached hydrogens (tertiary/aromatic N) is 1. The Morgan fingerprint density at radius 1 is 1.07 bits per heavy atom. The predicted octanol–water partition coefficient (Wildman–Crippen LogP) is 1.21. The molecule has 3 fully saturated rings. The first-order chi connectivity index (χ1) is 13.4. The fourth-order valence-electron chi connectivity index (χ4n) is 5.40. The second-order valence-corrected chi connectivity index (χ2v) is 7.81. The van der Waals surface area contributed by atoms with Crippen LogP contribution in [-0.2, 0) is 28.7 Å². The number of carbonyl (C=O) groups excluding carboxylic acids is 5. The first kappa shape index (κ1) is 17.0. The van der Waals surface area contributed by atoms with Gasteiger partial charge in [0.1, 0.15) is 0 Å². The Kier molecular flexibility index (Phi) is 3.33. The third kappa shape index (κ3) is 1.91. The Hall–Kier alpha value is -3.09. The van der Waals surface area contributed by atoms with Gasteiger partial charge in [0.25, 0.3) is 0 Å². The number of imide groups is 1. The van der Waals surface area contributed by atoms with Crippen LogP contribution in [0.5, 0.6) is 0 Å². The van der Waals surface area contributed by atoms with Crippen molar-refractivity contribution in [2.75, 3.05) is 4.90 Å². The van der Waals surface area contributed by atoms with Gasteiger partial charge in [-0.05, 0) is 24.6 Å². The number of hydrogen-bond donors (Lipinski definition) is 0. The molecule has 2 saturated heterocycles. The van der Waals surface area contributed by atoms with E-state index in [-0.39, 0.29) is 24.4 Å². The van der Waals surface area contributed by atoms with Crippen LogP contribution in [0, 0.1) is 23.7 Å². The second-order valence-electron chi connectivity index (χ2n) is 7.81. The van der Waals surface area contributed by atoms with Crippen molar-refractivity contribution in [1.29, 1.82) is 0 Å². The van der Waals surface area contributed by atoms with Crippen molar-refractivity contribution in [3.8, 4) is 0 Å².